The van der Waals surface area contributed by atoms with Crippen molar-refractivity contribution in [2.45, 2.75) is 9.79 Å². The number of hydrogen-bond acceptors (Lipinski definition) is 5. The van der Waals surface area contributed by atoms with Crippen molar-refractivity contribution in [3.05, 3.63) is 12.1 Å². The van der Waals surface area contributed by atoms with Crippen LogP contribution in [0.3, 0.4) is 0 Å². The van der Waals surface area contributed by atoms with Crippen molar-refractivity contribution in [1.29, 1.82) is 0 Å². The molecule has 0 spiro atoms. The van der Waals surface area contributed by atoms with Gasteiger partial charge in [0.15, 0.2) is 11.5 Å². The maximum atomic E-state index is 10.6. The van der Waals surface area contributed by atoms with Crippen LogP contribution in [0.25, 0.3) is 0 Å². The predicted molar refractivity (Wildman–Crippen MR) is 46.8 cm³/mol. The molecular weight excluding hydrogens is 216 g/mol. The van der Waals surface area contributed by atoms with E-state index in [1.807, 2.05) is 0 Å². The highest BCUT2D eigenvalue weighted by Crippen LogP contribution is 2.34. The van der Waals surface area contributed by atoms with E-state index in [0.29, 0.717) is 0 Å². The molecule has 3 N–H and O–H groups in total. The van der Waals surface area contributed by atoms with Gasteiger partial charge in [-0.25, -0.2) is 0 Å². The molecule has 0 amide bonds. The molecule has 0 saturated heterocycles. The van der Waals surface area contributed by atoms with Crippen LogP contribution in [0.2, 0.25) is 0 Å². The van der Waals surface area contributed by atoms with Crippen molar-refractivity contribution in [3.8, 4) is 11.5 Å². The van der Waals surface area contributed by atoms with Crippen LogP contribution in [0, 0.1) is 0 Å². The third-order valence-electron chi connectivity index (χ3n) is 1.34. The third kappa shape index (κ3) is 2.06. The summed E-state index contributed by atoms with van der Waals surface area (Å²) < 4.78 is 29.7. The average Bonchev–Trinajstić information content (AvgIpc) is 1.97. The summed E-state index contributed by atoms with van der Waals surface area (Å²) in [6.07, 6.45) is 0. The Bertz CT molecular complexity index is 413. The molecule has 1 aromatic carbocycles. The molecule has 1 rings (SSSR count). The number of aromatic hydroxyl groups is 2. The van der Waals surface area contributed by atoms with E-state index in [4.69, 9.17) is 14.8 Å². The van der Waals surface area contributed by atoms with E-state index in [0.717, 1.165) is 12.1 Å². The van der Waals surface area contributed by atoms with Gasteiger partial charge >= 0.3 is 0 Å². The van der Waals surface area contributed by atoms with Crippen LogP contribution >= 0.6 is 12.6 Å². The minimum absolute atomic E-state index is 0.132. The van der Waals surface area contributed by atoms with Crippen LogP contribution in [0.15, 0.2) is 21.9 Å². The fourth-order valence-electron chi connectivity index (χ4n) is 0.728. The van der Waals surface area contributed by atoms with Gasteiger partial charge in [0.2, 0.25) is 0 Å². The van der Waals surface area contributed by atoms with Crippen LogP contribution in [-0.2, 0) is 10.1 Å². The summed E-state index contributed by atoms with van der Waals surface area (Å²) in [5.41, 5.74) is 0. The molecule has 5 nitrogen and oxygen atoms in total. The molecule has 0 aliphatic heterocycles. The predicted octanol–water partition coefficient (Wildman–Crippen LogP) is 0.633. The second kappa shape index (κ2) is 3.09. The molecule has 0 heterocycles. The average molecular weight is 222 g/mol. The van der Waals surface area contributed by atoms with Gasteiger partial charge in [-0.05, 0) is 6.07 Å². The van der Waals surface area contributed by atoms with Gasteiger partial charge in [0.1, 0.15) is 0 Å². The molecule has 0 atom stereocenters. The number of thiol groups is 1. The molecule has 0 saturated carbocycles. The molecule has 0 unspecified atom stereocenters. The summed E-state index contributed by atoms with van der Waals surface area (Å²) in [5, 5.41) is 18.0. The summed E-state index contributed by atoms with van der Waals surface area (Å²) in [5.74, 6) is -1.18. The Labute approximate surface area is 79.8 Å². The van der Waals surface area contributed by atoms with Crippen LogP contribution in [0.4, 0.5) is 0 Å². The molecule has 72 valence electrons. The number of phenols is 2. The molecule has 7 heteroatoms. The minimum Gasteiger partial charge on any atom is -0.504 e. The number of phenolic OH excluding ortho intramolecular Hbond substituents is 2. The van der Waals surface area contributed by atoms with Crippen molar-refractivity contribution in [1.82, 2.24) is 0 Å². The second-order valence-corrected chi connectivity index (χ2v) is 4.19. The molecular formula is C6H6O5S2. The minimum atomic E-state index is -4.38. The lowest BCUT2D eigenvalue weighted by Crippen LogP contribution is -1.97. The van der Waals surface area contributed by atoms with Crippen LogP contribution in [0.5, 0.6) is 11.5 Å². The van der Waals surface area contributed by atoms with Crippen molar-refractivity contribution in [2.75, 3.05) is 0 Å². The van der Waals surface area contributed by atoms with Gasteiger partial charge in [0.05, 0.1) is 9.79 Å². The fraction of sp³-hybridized carbons (Fsp3) is 0. The number of hydrogen-bond donors (Lipinski definition) is 4. The zero-order valence-electron chi connectivity index (χ0n) is 6.17. The largest absolute Gasteiger partial charge is 0.504 e. The molecule has 13 heavy (non-hydrogen) atoms. The first-order valence-electron chi connectivity index (χ1n) is 3.05. The molecule has 0 aliphatic rings. The molecule has 0 bridgehead atoms. The summed E-state index contributed by atoms with van der Waals surface area (Å²) in [4.78, 5) is -0.652. The Morgan fingerprint density at radius 1 is 1.23 bits per heavy atom. The standard InChI is InChI=1S/C6H6O5S2/c7-4-1-3(13(9,10)11)2-5(12)6(4)8/h1-2,7-8,12H,(H,9,10,11). The maximum Gasteiger partial charge on any atom is 0.294 e. The zero-order chi connectivity index (χ0) is 10.2. The quantitative estimate of drug-likeness (QED) is 0.317. The highest BCUT2D eigenvalue weighted by molar-refractivity contribution is 7.86. The topological polar surface area (TPSA) is 94.8 Å². The van der Waals surface area contributed by atoms with Gasteiger partial charge in [-0.2, -0.15) is 8.42 Å². The van der Waals surface area contributed by atoms with E-state index in [9.17, 15) is 8.42 Å². The molecule has 0 radical (unpaired) electrons. The molecule has 0 fully saturated rings. The molecule has 0 aliphatic carbocycles. The smallest absolute Gasteiger partial charge is 0.294 e. The summed E-state index contributed by atoms with van der Waals surface area (Å²) >= 11 is 3.68. The zero-order valence-corrected chi connectivity index (χ0v) is 7.88. The fourth-order valence-corrected chi connectivity index (χ4v) is 1.60. The van der Waals surface area contributed by atoms with Crippen LogP contribution < -0.4 is 0 Å². The highest BCUT2D eigenvalue weighted by atomic mass is 32.2. The Morgan fingerprint density at radius 3 is 2.15 bits per heavy atom. The van der Waals surface area contributed by atoms with E-state index in [2.05, 4.69) is 12.6 Å². The summed E-state index contributed by atoms with van der Waals surface area (Å²) in [6.45, 7) is 0. The van der Waals surface area contributed by atoms with Gasteiger partial charge < -0.3 is 10.2 Å². The van der Waals surface area contributed by atoms with Gasteiger partial charge in [0.25, 0.3) is 10.1 Å². The third-order valence-corrected chi connectivity index (χ3v) is 2.51. The Morgan fingerprint density at radius 2 is 1.77 bits per heavy atom. The SMILES string of the molecule is O=S(=O)(O)c1cc(O)c(O)c(S)c1. The Balaban J connectivity index is 3.47. The van der Waals surface area contributed by atoms with Crippen molar-refractivity contribution >= 4 is 22.7 Å². The van der Waals surface area contributed by atoms with E-state index in [-0.39, 0.29) is 4.90 Å². The second-order valence-electron chi connectivity index (χ2n) is 2.29. The lowest BCUT2D eigenvalue weighted by atomic mass is 10.3. The van der Waals surface area contributed by atoms with Gasteiger partial charge in [0, 0.05) is 6.07 Å². The highest BCUT2D eigenvalue weighted by Gasteiger charge is 2.14. The normalized spacial score (nSPS) is 11.5. The van der Waals surface area contributed by atoms with Crippen molar-refractivity contribution in [3.63, 3.8) is 0 Å². The van der Waals surface area contributed by atoms with Gasteiger partial charge in [-0.1, -0.05) is 0 Å². The van der Waals surface area contributed by atoms with Gasteiger partial charge in [-0.3, -0.25) is 4.55 Å². The first-order valence-corrected chi connectivity index (χ1v) is 4.93. The Hall–Kier alpha value is -0.920. The van der Waals surface area contributed by atoms with E-state index in [1.54, 1.807) is 0 Å². The van der Waals surface area contributed by atoms with Crippen molar-refractivity contribution < 1.29 is 23.2 Å². The van der Waals surface area contributed by atoms with E-state index >= 15 is 0 Å². The lowest BCUT2D eigenvalue weighted by molar-refractivity contribution is 0.392. The lowest BCUT2D eigenvalue weighted by Gasteiger charge is -2.03. The number of rotatable bonds is 1. The van der Waals surface area contributed by atoms with Crippen LogP contribution in [-0.4, -0.2) is 23.2 Å². The van der Waals surface area contributed by atoms with E-state index < -0.39 is 26.5 Å². The first kappa shape index (κ1) is 10.2. The summed E-state index contributed by atoms with van der Waals surface area (Å²) in [6, 6.07) is 1.65. The monoisotopic (exact) mass is 222 g/mol. The van der Waals surface area contributed by atoms with E-state index in [1.165, 1.54) is 0 Å². The maximum absolute atomic E-state index is 10.6. The molecule has 1 aromatic rings. The number of benzene rings is 1. The van der Waals surface area contributed by atoms with Crippen LogP contribution in [0.1, 0.15) is 0 Å². The molecule has 0 aromatic heterocycles. The summed E-state index contributed by atoms with van der Waals surface area (Å²) in [7, 11) is -4.38. The Kier molecular flexibility index (Phi) is 2.42. The van der Waals surface area contributed by atoms with Crippen molar-refractivity contribution in [2.24, 2.45) is 0 Å². The first-order chi connectivity index (χ1) is 5.82. The van der Waals surface area contributed by atoms with Gasteiger partial charge in [-0.15, -0.1) is 12.6 Å².